The van der Waals surface area contributed by atoms with Gasteiger partial charge in [-0.1, -0.05) is 36.4 Å². The van der Waals surface area contributed by atoms with E-state index in [1.54, 1.807) is 6.92 Å². The summed E-state index contributed by atoms with van der Waals surface area (Å²) in [4.78, 5) is 14.5. The maximum Gasteiger partial charge on any atom is 0.241 e. The third kappa shape index (κ3) is 4.47. The first-order chi connectivity index (χ1) is 12.5. The summed E-state index contributed by atoms with van der Waals surface area (Å²) in [6, 6.07) is 13.5. The number of carbonyl (C=O) groups excluding carboxylic acids is 1. The van der Waals surface area contributed by atoms with Gasteiger partial charge in [-0.3, -0.25) is 9.69 Å². The number of piperidine rings is 1. The molecule has 1 heterocycles. The molecule has 2 aromatic carbocycles. The van der Waals surface area contributed by atoms with Crippen LogP contribution in [0.15, 0.2) is 48.5 Å². The fourth-order valence-electron chi connectivity index (χ4n) is 3.50. The Morgan fingerprint density at radius 1 is 1.08 bits per heavy atom. The summed E-state index contributed by atoms with van der Waals surface area (Å²) in [6.45, 7) is 3.41. The number of likely N-dealkylation sites (tertiary alicyclic amines) is 1. The van der Waals surface area contributed by atoms with Crippen LogP contribution in [0.3, 0.4) is 0 Å². The van der Waals surface area contributed by atoms with Crippen molar-refractivity contribution in [2.45, 2.75) is 32.2 Å². The molecule has 1 fully saturated rings. The summed E-state index contributed by atoms with van der Waals surface area (Å²) in [5, 5.41) is 2.40. The number of nitrogens with one attached hydrogen (secondary N) is 1. The van der Waals surface area contributed by atoms with E-state index in [-0.39, 0.29) is 11.6 Å². The summed E-state index contributed by atoms with van der Waals surface area (Å²) in [6.07, 6.45) is 3.08. The Morgan fingerprint density at radius 3 is 2.31 bits per heavy atom. The van der Waals surface area contributed by atoms with E-state index in [1.165, 1.54) is 11.6 Å². The molecule has 0 spiro atoms. The number of halogens is 2. The second kappa shape index (κ2) is 8.41. The fourth-order valence-corrected chi connectivity index (χ4v) is 3.50. The van der Waals surface area contributed by atoms with Crippen molar-refractivity contribution in [3.63, 3.8) is 0 Å². The lowest BCUT2D eigenvalue weighted by molar-refractivity contribution is -0.121. The second-order valence-electron chi connectivity index (χ2n) is 6.93. The molecule has 1 saturated heterocycles. The minimum Gasteiger partial charge on any atom is -0.320 e. The first kappa shape index (κ1) is 18.5. The molecule has 1 atom stereocenters. The molecule has 0 aliphatic carbocycles. The van der Waals surface area contributed by atoms with E-state index < -0.39 is 17.7 Å². The van der Waals surface area contributed by atoms with E-state index in [2.05, 4.69) is 34.5 Å². The number of anilines is 1. The summed E-state index contributed by atoms with van der Waals surface area (Å²) in [7, 11) is 0. The highest BCUT2D eigenvalue weighted by Crippen LogP contribution is 2.24. The second-order valence-corrected chi connectivity index (χ2v) is 6.93. The molecule has 1 aliphatic heterocycles. The quantitative estimate of drug-likeness (QED) is 0.867. The number of para-hydroxylation sites is 1. The van der Waals surface area contributed by atoms with Gasteiger partial charge < -0.3 is 5.32 Å². The van der Waals surface area contributed by atoms with Crippen LogP contribution in [0.5, 0.6) is 0 Å². The van der Waals surface area contributed by atoms with E-state index in [0.717, 1.165) is 44.5 Å². The maximum atomic E-state index is 13.7. The van der Waals surface area contributed by atoms with Crippen LogP contribution in [0.2, 0.25) is 0 Å². The number of amides is 1. The van der Waals surface area contributed by atoms with Gasteiger partial charge in [0.25, 0.3) is 0 Å². The number of rotatable bonds is 5. The Hall–Kier alpha value is -2.27. The van der Waals surface area contributed by atoms with Crippen LogP contribution in [0.4, 0.5) is 14.5 Å². The fraction of sp³-hybridized carbons (Fsp3) is 0.381. The van der Waals surface area contributed by atoms with Crippen molar-refractivity contribution < 1.29 is 13.6 Å². The van der Waals surface area contributed by atoms with Crippen molar-refractivity contribution in [2.75, 3.05) is 18.4 Å². The van der Waals surface area contributed by atoms with Gasteiger partial charge in [0.2, 0.25) is 5.91 Å². The molecule has 1 aliphatic rings. The predicted molar refractivity (Wildman–Crippen MR) is 98.9 cm³/mol. The van der Waals surface area contributed by atoms with E-state index in [1.807, 2.05) is 6.07 Å². The number of hydrogen-bond acceptors (Lipinski definition) is 2. The van der Waals surface area contributed by atoms with Gasteiger partial charge >= 0.3 is 0 Å². The zero-order valence-electron chi connectivity index (χ0n) is 14.9. The van der Waals surface area contributed by atoms with Crippen LogP contribution in [-0.2, 0) is 11.2 Å². The topological polar surface area (TPSA) is 32.3 Å². The molecule has 2 aromatic rings. The standard InChI is InChI=1S/C21H24F2N2O/c1-15(21(26)24-20-18(22)8-5-9-19(20)23)25-12-10-17(11-13-25)14-16-6-3-2-4-7-16/h2-9,15,17H,10-14H2,1H3,(H,24,26)/t15-/m0/s1. The molecule has 0 bridgehead atoms. The monoisotopic (exact) mass is 358 g/mol. The van der Waals surface area contributed by atoms with Crippen molar-refractivity contribution in [3.05, 3.63) is 65.7 Å². The molecule has 0 radical (unpaired) electrons. The van der Waals surface area contributed by atoms with Gasteiger partial charge in [0.1, 0.15) is 17.3 Å². The van der Waals surface area contributed by atoms with E-state index in [4.69, 9.17) is 0 Å². The van der Waals surface area contributed by atoms with Crippen molar-refractivity contribution in [1.82, 2.24) is 4.90 Å². The molecule has 138 valence electrons. The van der Waals surface area contributed by atoms with Gasteiger partial charge in [-0.2, -0.15) is 0 Å². The SMILES string of the molecule is C[C@@H](C(=O)Nc1c(F)cccc1F)N1CCC(Cc2ccccc2)CC1. The summed E-state index contributed by atoms with van der Waals surface area (Å²) in [5.74, 6) is -1.29. The Labute approximate surface area is 153 Å². The molecule has 5 heteroatoms. The smallest absolute Gasteiger partial charge is 0.241 e. The van der Waals surface area contributed by atoms with Crippen LogP contribution in [-0.4, -0.2) is 29.9 Å². The van der Waals surface area contributed by atoms with Crippen molar-refractivity contribution in [3.8, 4) is 0 Å². The Kier molecular flexibility index (Phi) is 5.99. The van der Waals surface area contributed by atoms with Gasteiger partial charge in [-0.25, -0.2) is 8.78 Å². The molecule has 1 N–H and O–H groups in total. The molecule has 26 heavy (non-hydrogen) atoms. The predicted octanol–water partition coefficient (Wildman–Crippen LogP) is 4.25. The average molecular weight is 358 g/mol. The van der Waals surface area contributed by atoms with Crippen LogP contribution in [0.25, 0.3) is 0 Å². The van der Waals surface area contributed by atoms with Crippen molar-refractivity contribution in [2.24, 2.45) is 5.92 Å². The number of hydrogen-bond donors (Lipinski definition) is 1. The molecule has 0 aromatic heterocycles. The molecule has 3 nitrogen and oxygen atoms in total. The lowest BCUT2D eigenvalue weighted by atomic mass is 9.89. The van der Waals surface area contributed by atoms with Gasteiger partial charge in [-0.15, -0.1) is 0 Å². The van der Waals surface area contributed by atoms with E-state index >= 15 is 0 Å². The number of benzene rings is 2. The average Bonchev–Trinajstić information content (AvgIpc) is 2.65. The number of nitrogens with zero attached hydrogens (tertiary/aromatic N) is 1. The highest BCUT2D eigenvalue weighted by Gasteiger charge is 2.27. The maximum absolute atomic E-state index is 13.7. The lowest BCUT2D eigenvalue weighted by Crippen LogP contribution is -2.46. The number of carbonyl (C=O) groups is 1. The van der Waals surface area contributed by atoms with Gasteiger partial charge in [-0.05, 0) is 62.9 Å². The zero-order chi connectivity index (χ0) is 18.5. The summed E-state index contributed by atoms with van der Waals surface area (Å²) in [5.41, 5.74) is 0.968. The summed E-state index contributed by atoms with van der Waals surface area (Å²) >= 11 is 0. The largest absolute Gasteiger partial charge is 0.320 e. The zero-order valence-corrected chi connectivity index (χ0v) is 14.9. The molecule has 0 unspecified atom stereocenters. The van der Waals surface area contributed by atoms with Crippen molar-refractivity contribution >= 4 is 11.6 Å². The van der Waals surface area contributed by atoms with Gasteiger partial charge in [0.15, 0.2) is 0 Å². The minimum atomic E-state index is -0.757. The first-order valence-electron chi connectivity index (χ1n) is 9.07. The molecule has 0 saturated carbocycles. The van der Waals surface area contributed by atoms with Crippen molar-refractivity contribution in [1.29, 1.82) is 0 Å². The minimum absolute atomic E-state index is 0.372. The lowest BCUT2D eigenvalue weighted by Gasteiger charge is -2.35. The van der Waals surface area contributed by atoms with Gasteiger partial charge in [0, 0.05) is 0 Å². The molecular formula is C21H24F2N2O. The highest BCUT2D eigenvalue weighted by molar-refractivity contribution is 5.94. The van der Waals surface area contributed by atoms with Crippen LogP contribution in [0, 0.1) is 17.6 Å². The van der Waals surface area contributed by atoms with Gasteiger partial charge in [0.05, 0.1) is 6.04 Å². The van der Waals surface area contributed by atoms with Crippen LogP contribution >= 0.6 is 0 Å². The van der Waals surface area contributed by atoms with Crippen LogP contribution < -0.4 is 5.32 Å². The van der Waals surface area contributed by atoms with E-state index in [9.17, 15) is 13.6 Å². The molecule has 1 amide bonds. The van der Waals surface area contributed by atoms with Crippen LogP contribution in [0.1, 0.15) is 25.3 Å². The Bertz CT molecular complexity index is 723. The first-order valence-corrected chi connectivity index (χ1v) is 9.07. The van der Waals surface area contributed by atoms with E-state index in [0.29, 0.717) is 5.92 Å². The summed E-state index contributed by atoms with van der Waals surface area (Å²) < 4.78 is 27.4. The highest BCUT2D eigenvalue weighted by atomic mass is 19.1. The third-order valence-electron chi connectivity index (χ3n) is 5.15. The third-order valence-corrected chi connectivity index (χ3v) is 5.15. The molecular weight excluding hydrogens is 334 g/mol. The normalized spacial score (nSPS) is 17.0. The molecule has 3 rings (SSSR count). The Balaban J connectivity index is 1.53. The Morgan fingerprint density at radius 2 is 1.69 bits per heavy atom.